The highest BCUT2D eigenvalue weighted by molar-refractivity contribution is 5.50. The number of benzene rings is 1. The molecule has 1 aliphatic heterocycles. The number of hydrogen-bond donors (Lipinski definition) is 1. The average molecular weight is 324 g/mol. The molecule has 0 spiro atoms. The van der Waals surface area contributed by atoms with Crippen molar-refractivity contribution in [3.63, 3.8) is 0 Å². The van der Waals surface area contributed by atoms with Crippen LogP contribution in [0.4, 0.5) is 0 Å². The number of aliphatic hydroxyl groups excluding tert-OH is 1. The highest BCUT2D eigenvalue weighted by atomic mass is 16.5. The van der Waals surface area contributed by atoms with E-state index in [9.17, 15) is 5.11 Å². The van der Waals surface area contributed by atoms with Crippen molar-refractivity contribution >= 4 is 0 Å². The van der Waals surface area contributed by atoms with Gasteiger partial charge in [-0.05, 0) is 13.5 Å². The molecule has 0 saturated carbocycles. The van der Waals surface area contributed by atoms with Crippen molar-refractivity contribution in [3.8, 4) is 17.2 Å². The van der Waals surface area contributed by atoms with Crippen LogP contribution in [0.1, 0.15) is 12.0 Å². The number of methoxy groups -OCH3 is 3. The summed E-state index contributed by atoms with van der Waals surface area (Å²) < 4.78 is 16.4. The number of hydrogen-bond acceptors (Lipinski definition) is 6. The van der Waals surface area contributed by atoms with Crippen LogP contribution in [0.2, 0.25) is 0 Å². The van der Waals surface area contributed by atoms with Crippen molar-refractivity contribution in [1.82, 2.24) is 9.80 Å². The van der Waals surface area contributed by atoms with E-state index >= 15 is 0 Å². The lowest BCUT2D eigenvalue weighted by molar-refractivity contribution is 0.0733. The highest BCUT2D eigenvalue weighted by Crippen LogP contribution is 2.35. The number of ether oxygens (including phenoxy) is 3. The van der Waals surface area contributed by atoms with Gasteiger partial charge in [0.1, 0.15) is 17.2 Å². The molecule has 130 valence electrons. The fourth-order valence-electron chi connectivity index (χ4n) is 3.07. The molecule has 1 heterocycles. The van der Waals surface area contributed by atoms with Gasteiger partial charge in [-0.25, -0.2) is 0 Å². The first-order valence-electron chi connectivity index (χ1n) is 7.95. The van der Waals surface area contributed by atoms with E-state index in [4.69, 9.17) is 14.2 Å². The smallest absolute Gasteiger partial charge is 0.130 e. The van der Waals surface area contributed by atoms with Crippen LogP contribution in [-0.4, -0.2) is 75.6 Å². The van der Waals surface area contributed by atoms with Gasteiger partial charge in [-0.15, -0.1) is 0 Å². The van der Waals surface area contributed by atoms with Gasteiger partial charge < -0.3 is 24.2 Å². The van der Waals surface area contributed by atoms with E-state index in [2.05, 4.69) is 16.8 Å². The Bertz CT molecular complexity index is 484. The topological polar surface area (TPSA) is 54.4 Å². The average Bonchev–Trinajstić information content (AvgIpc) is 2.58. The van der Waals surface area contributed by atoms with E-state index in [-0.39, 0.29) is 6.61 Å². The molecule has 1 aliphatic rings. The van der Waals surface area contributed by atoms with E-state index in [1.54, 1.807) is 21.3 Å². The lowest BCUT2D eigenvalue weighted by Crippen LogP contribution is -2.51. The molecule has 1 fully saturated rings. The molecule has 1 saturated heterocycles. The van der Waals surface area contributed by atoms with E-state index in [1.807, 2.05) is 12.1 Å². The number of likely N-dealkylation sites (N-methyl/N-ethyl adjacent to an activating group) is 1. The third kappa shape index (κ3) is 4.28. The van der Waals surface area contributed by atoms with Crippen LogP contribution in [0.25, 0.3) is 0 Å². The van der Waals surface area contributed by atoms with Gasteiger partial charge in [-0.2, -0.15) is 0 Å². The van der Waals surface area contributed by atoms with E-state index < -0.39 is 0 Å². The molecule has 6 nitrogen and oxygen atoms in total. The second-order valence-electron chi connectivity index (χ2n) is 5.89. The minimum Gasteiger partial charge on any atom is -0.496 e. The van der Waals surface area contributed by atoms with Crippen molar-refractivity contribution in [2.45, 2.75) is 19.0 Å². The summed E-state index contributed by atoms with van der Waals surface area (Å²) in [5.41, 5.74) is 1.03. The molecule has 2 rings (SSSR count). The summed E-state index contributed by atoms with van der Waals surface area (Å²) in [6.45, 7) is 3.88. The zero-order chi connectivity index (χ0) is 16.8. The molecule has 0 radical (unpaired) electrons. The first kappa shape index (κ1) is 17.8. The Hall–Kier alpha value is -1.50. The zero-order valence-corrected chi connectivity index (χ0v) is 14.5. The van der Waals surface area contributed by atoms with Crippen molar-refractivity contribution in [2.75, 3.05) is 54.6 Å². The van der Waals surface area contributed by atoms with Crippen molar-refractivity contribution in [1.29, 1.82) is 0 Å². The molecule has 0 bridgehead atoms. The van der Waals surface area contributed by atoms with Crippen molar-refractivity contribution in [3.05, 3.63) is 17.7 Å². The highest BCUT2D eigenvalue weighted by Gasteiger charge is 2.25. The fourth-order valence-corrected chi connectivity index (χ4v) is 3.07. The maximum Gasteiger partial charge on any atom is 0.130 e. The molecular weight excluding hydrogens is 296 g/mol. The molecule has 1 N–H and O–H groups in total. The first-order chi connectivity index (χ1) is 11.1. The third-order valence-corrected chi connectivity index (χ3v) is 4.52. The summed E-state index contributed by atoms with van der Waals surface area (Å²) in [5, 5.41) is 9.24. The Morgan fingerprint density at radius 3 is 2.26 bits per heavy atom. The lowest BCUT2D eigenvalue weighted by atomic mass is 10.1. The first-order valence-corrected chi connectivity index (χ1v) is 7.95. The maximum absolute atomic E-state index is 9.24. The standard InChI is InChI=1S/C17H28N2O4/c1-18-6-7-19(11-13(18)5-8-20)12-15-16(22-3)9-14(21-2)10-17(15)23-4/h9-10,13,20H,5-8,11-12H2,1-4H3. The molecule has 6 heteroatoms. The minimum absolute atomic E-state index is 0.220. The van der Waals surface area contributed by atoms with Gasteiger partial charge in [-0.1, -0.05) is 0 Å². The number of rotatable bonds is 7. The maximum atomic E-state index is 9.24. The Labute approximate surface area is 138 Å². The van der Waals surface area contributed by atoms with Gasteiger partial charge >= 0.3 is 0 Å². The monoisotopic (exact) mass is 324 g/mol. The van der Waals surface area contributed by atoms with Gasteiger partial charge in [0.05, 0.1) is 26.9 Å². The summed E-state index contributed by atoms with van der Waals surface area (Å²) in [4.78, 5) is 4.70. The van der Waals surface area contributed by atoms with E-state index in [0.29, 0.717) is 6.04 Å². The summed E-state index contributed by atoms with van der Waals surface area (Å²) in [6.07, 6.45) is 0.796. The van der Waals surface area contributed by atoms with Gasteiger partial charge in [-0.3, -0.25) is 4.90 Å². The van der Waals surface area contributed by atoms with Crippen LogP contribution in [0, 0.1) is 0 Å². The van der Waals surface area contributed by atoms with Gasteiger partial charge in [0, 0.05) is 51.0 Å². The SMILES string of the molecule is COc1cc(OC)c(CN2CCN(C)C(CCO)C2)c(OC)c1. The van der Waals surface area contributed by atoms with Crippen LogP contribution in [0.15, 0.2) is 12.1 Å². The number of nitrogens with zero attached hydrogens (tertiary/aromatic N) is 2. The Morgan fingerprint density at radius 2 is 1.74 bits per heavy atom. The van der Waals surface area contributed by atoms with Crippen LogP contribution < -0.4 is 14.2 Å². The van der Waals surface area contributed by atoms with Gasteiger partial charge in [0.15, 0.2) is 0 Å². The summed E-state index contributed by atoms with van der Waals surface area (Å²) in [7, 11) is 7.08. The van der Waals surface area contributed by atoms with Crippen LogP contribution in [0.3, 0.4) is 0 Å². The largest absolute Gasteiger partial charge is 0.496 e. The quantitative estimate of drug-likeness (QED) is 0.814. The van der Waals surface area contributed by atoms with Crippen LogP contribution >= 0.6 is 0 Å². The Balaban J connectivity index is 2.18. The molecule has 1 aromatic carbocycles. The minimum atomic E-state index is 0.220. The Kier molecular flexibility index (Phi) is 6.50. The van der Waals surface area contributed by atoms with Gasteiger partial charge in [0.25, 0.3) is 0 Å². The molecule has 0 amide bonds. The van der Waals surface area contributed by atoms with E-state index in [1.165, 1.54) is 0 Å². The third-order valence-electron chi connectivity index (χ3n) is 4.52. The fraction of sp³-hybridized carbons (Fsp3) is 0.647. The number of aliphatic hydroxyl groups is 1. The molecule has 0 aromatic heterocycles. The number of piperazine rings is 1. The van der Waals surface area contributed by atoms with Crippen LogP contribution in [0.5, 0.6) is 17.2 Å². The van der Waals surface area contributed by atoms with Crippen molar-refractivity contribution < 1.29 is 19.3 Å². The zero-order valence-electron chi connectivity index (χ0n) is 14.5. The Morgan fingerprint density at radius 1 is 1.09 bits per heavy atom. The second-order valence-corrected chi connectivity index (χ2v) is 5.89. The normalized spacial score (nSPS) is 19.6. The lowest BCUT2D eigenvalue weighted by Gasteiger charge is -2.39. The molecular formula is C17H28N2O4. The van der Waals surface area contributed by atoms with E-state index in [0.717, 1.165) is 55.4 Å². The van der Waals surface area contributed by atoms with Crippen LogP contribution in [-0.2, 0) is 6.54 Å². The van der Waals surface area contributed by atoms with Gasteiger partial charge in [0.2, 0.25) is 0 Å². The predicted octanol–water partition coefficient (Wildman–Crippen LogP) is 1.21. The predicted molar refractivity (Wildman–Crippen MR) is 89.5 cm³/mol. The molecule has 23 heavy (non-hydrogen) atoms. The molecule has 1 aromatic rings. The summed E-state index contributed by atoms with van der Waals surface area (Å²) >= 11 is 0. The summed E-state index contributed by atoms with van der Waals surface area (Å²) in [5.74, 6) is 2.27. The molecule has 1 unspecified atom stereocenters. The second kappa shape index (κ2) is 8.38. The molecule has 0 aliphatic carbocycles. The van der Waals surface area contributed by atoms with Crippen molar-refractivity contribution in [2.24, 2.45) is 0 Å². The summed E-state index contributed by atoms with van der Waals surface area (Å²) in [6, 6.07) is 4.15. The molecule has 1 atom stereocenters.